The van der Waals surface area contributed by atoms with Gasteiger partial charge in [0.1, 0.15) is 6.04 Å². The van der Waals surface area contributed by atoms with Crippen molar-refractivity contribution in [3.8, 4) is 0 Å². The number of carbonyl (C=O) groups is 1. The maximum Gasteiger partial charge on any atom is 0.340 e. The molecular weight excluding hydrogens is 382 g/mol. The maximum atomic E-state index is 12.6. The first-order valence-electron chi connectivity index (χ1n) is 6.38. The predicted molar refractivity (Wildman–Crippen MR) is 82.9 cm³/mol. The van der Waals surface area contributed by atoms with E-state index in [-0.39, 0.29) is 22.2 Å². The molecule has 1 rings (SSSR count). The average Bonchev–Trinajstić information content (AvgIpc) is 2.45. The van der Waals surface area contributed by atoms with E-state index in [1.165, 1.54) is 32.2 Å². The molecule has 1 aromatic carbocycles. The highest BCUT2D eigenvalue weighted by Gasteiger charge is 2.23. The van der Waals surface area contributed by atoms with Crippen LogP contribution in [0.5, 0.6) is 0 Å². The Bertz CT molecular complexity index is 638. The van der Waals surface area contributed by atoms with Crippen LogP contribution in [0.3, 0.4) is 0 Å². The van der Waals surface area contributed by atoms with Gasteiger partial charge < -0.3 is 5.32 Å². The minimum Gasteiger partial charge on any atom is -0.358 e. The van der Waals surface area contributed by atoms with Gasteiger partial charge in [-0.3, -0.25) is 4.79 Å². The molecule has 2 N–H and O–H groups in total. The van der Waals surface area contributed by atoms with Crippen LogP contribution < -0.4 is 10.0 Å². The molecule has 22 heavy (non-hydrogen) atoms. The number of benzene rings is 1. The second-order valence-electron chi connectivity index (χ2n) is 4.47. The van der Waals surface area contributed by atoms with Crippen molar-refractivity contribution in [2.24, 2.45) is 0 Å². The summed E-state index contributed by atoms with van der Waals surface area (Å²) in [5, 5.41) is 2.37. The third-order valence-electron chi connectivity index (χ3n) is 2.94. The lowest BCUT2D eigenvalue weighted by molar-refractivity contribution is -0.122. The van der Waals surface area contributed by atoms with Crippen LogP contribution in [0, 0.1) is 6.43 Å². The summed E-state index contributed by atoms with van der Waals surface area (Å²) in [6.07, 6.45) is -1.78. The molecule has 9 heteroatoms. The van der Waals surface area contributed by atoms with Crippen LogP contribution in [0.2, 0.25) is 0 Å². The first-order chi connectivity index (χ1) is 10.2. The second kappa shape index (κ2) is 7.98. The van der Waals surface area contributed by atoms with Crippen molar-refractivity contribution in [2.45, 2.75) is 19.4 Å². The van der Waals surface area contributed by atoms with Crippen LogP contribution >= 0.6 is 15.9 Å². The van der Waals surface area contributed by atoms with E-state index in [0.29, 0.717) is 5.56 Å². The zero-order chi connectivity index (χ0) is 16.9. The van der Waals surface area contributed by atoms with E-state index in [1.807, 2.05) is 0 Å². The number of carbonyl (C=O) groups excluding carboxylic acids is 1. The van der Waals surface area contributed by atoms with E-state index in [0.717, 1.165) is 0 Å². The lowest BCUT2D eigenvalue weighted by Crippen LogP contribution is -2.47. The van der Waals surface area contributed by atoms with Gasteiger partial charge in [-0.25, -0.2) is 13.1 Å². The Hall–Kier alpha value is -1.06. The quantitative estimate of drug-likeness (QED) is 0.736. The summed E-state index contributed by atoms with van der Waals surface area (Å²) in [5.41, 5.74) is 0.304. The highest BCUT2D eigenvalue weighted by molar-refractivity contribution is 9.10. The predicted octanol–water partition coefficient (Wildman–Crippen LogP) is 1.82. The van der Waals surface area contributed by atoms with Crippen LogP contribution in [0.4, 0.5) is 8.78 Å². The molecule has 0 fully saturated rings. The zero-order valence-electron chi connectivity index (χ0n) is 12.0. The fourth-order valence-corrected chi connectivity index (χ4v) is 3.10. The molecule has 0 spiro atoms. The smallest absolute Gasteiger partial charge is 0.340 e. The summed E-state index contributed by atoms with van der Waals surface area (Å²) < 4.78 is 50.9. The molecular formula is C13H16BrF2N2O3S. The molecule has 0 saturated carbocycles. The molecule has 0 saturated heterocycles. The second-order valence-corrected chi connectivity index (χ2v) is 7.36. The van der Waals surface area contributed by atoms with Crippen LogP contribution in [0.25, 0.3) is 0 Å². The van der Waals surface area contributed by atoms with Gasteiger partial charge in [-0.1, -0.05) is 28.1 Å². The summed E-state index contributed by atoms with van der Waals surface area (Å²) in [4.78, 5) is 11.8. The van der Waals surface area contributed by atoms with Crippen molar-refractivity contribution in [3.63, 3.8) is 0 Å². The number of sulfonamides is 1. The van der Waals surface area contributed by atoms with Gasteiger partial charge in [0.05, 0.1) is 5.75 Å². The van der Waals surface area contributed by atoms with E-state index in [4.69, 9.17) is 0 Å². The average molecular weight is 398 g/mol. The van der Waals surface area contributed by atoms with Crippen molar-refractivity contribution >= 4 is 31.9 Å². The maximum absolute atomic E-state index is 12.6. The van der Waals surface area contributed by atoms with Gasteiger partial charge in [-0.2, -0.15) is 8.78 Å². The van der Waals surface area contributed by atoms with Gasteiger partial charge in [-0.05, 0) is 25.0 Å². The molecule has 0 aliphatic carbocycles. The lowest BCUT2D eigenvalue weighted by Gasteiger charge is -2.17. The Morgan fingerprint density at radius 2 is 2.00 bits per heavy atom. The Morgan fingerprint density at radius 3 is 2.45 bits per heavy atom. The lowest BCUT2D eigenvalue weighted by atomic mass is 10.0. The Labute approximate surface area is 136 Å². The Balaban J connectivity index is 3.00. The number of halogens is 3. The van der Waals surface area contributed by atoms with Gasteiger partial charge in [0.25, 0.3) is 0 Å². The largest absolute Gasteiger partial charge is 0.358 e. The van der Waals surface area contributed by atoms with Gasteiger partial charge in [0, 0.05) is 17.1 Å². The van der Waals surface area contributed by atoms with Gasteiger partial charge in [0.2, 0.25) is 15.9 Å². The number of hydrogen-bond acceptors (Lipinski definition) is 3. The molecule has 1 radical (unpaired) electrons. The highest BCUT2D eigenvalue weighted by atomic mass is 79.9. The van der Waals surface area contributed by atoms with Crippen LogP contribution in [0.1, 0.15) is 18.1 Å². The first-order valence-corrected chi connectivity index (χ1v) is 8.83. The van der Waals surface area contributed by atoms with E-state index >= 15 is 0 Å². The summed E-state index contributed by atoms with van der Waals surface area (Å²) >= 11 is 3.03. The molecule has 0 aliphatic heterocycles. The summed E-state index contributed by atoms with van der Waals surface area (Å²) in [6.45, 7) is 1.45. The number of hydrogen-bond donors (Lipinski definition) is 2. The fourth-order valence-electron chi connectivity index (χ4n) is 1.74. The molecule has 0 aromatic heterocycles. The number of nitrogens with one attached hydrogen (secondary N) is 2. The molecule has 1 aromatic rings. The minimum absolute atomic E-state index is 0.0473. The topological polar surface area (TPSA) is 75.3 Å². The molecule has 5 nitrogen and oxygen atoms in total. The van der Waals surface area contributed by atoms with Crippen molar-refractivity contribution in [1.82, 2.24) is 10.0 Å². The SMILES string of the molecule is CCS(=O)(=O)NC(Cc1ccc([C](F)F)c(Br)c1)C(=O)NC. The molecule has 1 unspecified atom stereocenters. The standard InChI is InChI=1S/C13H16BrF2N2O3S/c1-3-22(20,21)18-11(13(19)17-2)7-8-4-5-9(12(15)16)10(14)6-8/h4-6,11,18H,3,7H2,1-2H3,(H,17,19). The summed E-state index contributed by atoms with van der Waals surface area (Å²) in [6, 6.07) is 3.07. The van der Waals surface area contributed by atoms with Crippen molar-refractivity contribution in [2.75, 3.05) is 12.8 Å². The van der Waals surface area contributed by atoms with Crippen LogP contribution in [-0.4, -0.2) is 33.2 Å². The molecule has 0 aliphatic rings. The van der Waals surface area contributed by atoms with Crippen LogP contribution in [-0.2, 0) is 21.2 Å². The van der Waals surface area contributed by atoms with Crippen molar-refractivity contribution in [3.05, 3.63) is 40.2 Å². The van der Waals surface area contributed by atoms with E-state index in [2.05, 4.69) is 26.0 Å². The summed E-state index contributed by atoms with van der Waals surface area (Å²) in [7, 11) is -2.18. The van der Waals surface area contributed by atoms with Gasteiger partial charge in [0.15, 0.2) is 0 Å². The normalized spacial score (nSPS) is 13.2. The van der Waals surface area contributed by atoms with Crippen molar-refractivity contribution < 1.29 is 22.0 Å². The van der Waals surface area contributed by atoms with E-state index < -0.39 is 28.4 Å². The molecule has 0 bridgehead atoms. The zero-order valence-corrected chi connectivity index (χ0v) is 14.4. The van der Waals surface area contributed by atoms with E-state index in [1.54, 1.807) is 0 Å². The third-order valence-corrected chi connectivity index (χ3v) is 5.00. The van der Waals surface area contributed by atoms with Gasteiger partial charge in [-0.15, -0.1) is 0 Å². The van der Waals surface area contributed by atoms with Crippen LogP contribution in [0.15, 0.2) is 22.7 Å². The Morgan fingerprint density at radius 1 is 1.36 bits per heavy atom. The van der Waals surface area contributed by atoms with E-state index in [9.17, 15) is 22.0 Å². The highest BCUT2D eigenvalue weighted by Crippen LogP contribution is 2.27. The third kappa shape index (κ3) is 5.29. The first kappa shape index (κ1) is 19.0. The fraction of sp³-hybridized carbons (Fsp3) is 0.385. The molecule has 1 atom stereocenters. The van der Waals surface area contributed by atoms with Gasteiger partial charge >= 0.3 is 6.43 Å². The molecule has 0 heterocycles. The molecule has 1 amide bonds. The van der Waals surface area contributed by atoms with Crippen molar-refractivity contribution in [1.29, 1.82) is 0 Å². The number of amides is 1. The Kier molecular flexibility index (Phi) is 6.89. The summed E-state index contributed by atoms with van der Waals surface area (Å²) in [5.74, 6) is -0.661. The number of likely N-dealkylation sites (N-methyl/N-ethyl adjacent to an activating group) is 1. The molecule has 123 valence electrons. The number of rotatable bonds is 7. The monoisotopic (exact) mass is 397 g/mol. The minimum atomic E-state index is -3.57.